The van der Waals surface area contributed by atoms with Crippen molar-refractivity contribution in [2.75, 3.05) is 6.54 Å². The van der Waals surface area contributed by atoms with Crippen molar-refractivity contribution in [2.24, 2.45) is 11.8 Å². The van der Waals surface area contributed by atoms with Crippen molar-refractivity contribution in [3.63, 3.8) is 0 Å². The fourth-order valence-electron chi connectivity index (χ4n) is 3.97. The standard InChI is InChI=1S/C17H29N3O/c1-3-4-13-5-7-14(8-6-13)16-19-17(21-20-16)15-11-12(2)9-10-18-15/h12-15,18H,3-11H2,1-2H3. The average Bonchev–Trinajstić information content (AvgIpc) is 2.98. The fraction of sp³-hybridized carbons (Fsp3) is 0.882. The monoisotopic (exact) mass is 291 g/mol. The molecule has 1 N–H and O–H groups in total. The van der Waals surface area contributed by atoms with Gasteiger partial charge in [0.2, 0.25) is 5.89 Å². The summed E-state index contributed by atoms with van der Waals surface area (Å²) < 4.78 is 5.56. The topological polar surface area (TPSA) is 51.0 Å². The molecule has 1 aromatic heterocycles. The summed E-state index contributed by atoms with van der Waals surface area (Å²) in [6.45, 7) is 5.65. The molecule has 2 heterocycles. The lowest BCUT2D eigenvalue weighted by Gasteiger charge is -2.26. The van der Waals surface area contributed by atoms with Crippen LogP contribution in [0.3, 0.4) is 0 Å². The molecular weight excluding hydrogens is 262 g/mol. The van der Waals surface area contributed by atoms with E-state index >= 15 is 0 Å². The van der Waals surface area contributed by atoms with Crippen LogP contribution in [0.25, 0.3) is 0 Å². The number of nitrogens with one attached hydrogen (secondary N) is 1. The first-order chi connectivity index (χ1) is 10.3. The van der Waals surface area contributed by atoms with Crippen LogP contribution in [0.2, 0.25) is 0 Å². The maximum Gasteiger partial charge on any atom is 0.243 e. The Kier molecular flexibility index (Phi) is 4.94. The molecule has 1 aliphatic carbocycles. The highest BCUT2D eigenvalue weighted by atomic mass is 16.5. The van der Waals surface area contributed by atoms with Crippen molar-refractivity contribution in [2.45, 2.75) is 77.2 Å². The van der Waals surface area contributed by atoms with Gasteiger partial charge in [0.15, 0.2) is 5.82 Å². The Morgan fingerprint density at radius 3 is 2.71 bits per heavy atom. The van der Waals surface area contributed by atoms with E-state index in [2.05, 4.69) is 24.3 Å². The van der Waals surface area contributed by atoms with Crippen LogP contribution in [0.5, 0.6) is 0 Å². The molecule has 3 rings (SSSR count). The summed E-state index contributed by atoms with van der Waals surface area (Å²) in [5, 5.41) is 7.79. The van der Waals surface area contributed by atoms with Crippen LogP contribution < -0.4 is 5.32 Å². The molecule has 2 atom stereocenters. The molecule has 1 saturated carbocycles. The van der Waals surface area contributed by atoms with Crippen LogP contribution in [0.1, 0.15) is 88.9 Å². The molecule has 2 aliphatic rings. The third kappa shape index (κ3) is 3.65. The van der Waals surface area contributed by atoms with Gasteiger partial charge in [-0.2, -0.15) is 4.98 Å². The van der Waals surface area contributed by atoms with Gasteiger partial charge in [-0.05, 0) is 56.9 Å². The Morgan fingerprint density at radius 2 is 2.00 bits per heavy atom. The Balaban J connectivity index is 1.58. The Hall–Kier alpha value is -0.900. The summed E-state index contributed by atoms with van der Waals surface area (Å²) in [4.78, 5) is 4.72. The minimum Gasteiger partial charge on any atom is -0.338 e. The molecule has 1 aliphatic heterocycles. The smallest absolute Gasteiger partial charge is 0.243 e. The van der Waals surface area contributed by atoms with E-state index in [1.54, 1.807) is 0 Å². The third-order valence-electron chi connectivity index (χ3n) is 5.33. The van der Waals surface area contributed by atoms with Gasteiger partial charge in [0.25, 0.3) is 0 Å². The highest BCUT2D eigenvalue weighted by Crippen LogP contribution is 2.37. The van der Waals surface area contributed by atoms with Gasteiger partial charge in [0.1, 0.15) is 0 Å². The van der Waals surface area contributed by atoms with Crippen LogP contribution in [-0.2, 0) is 0 Å². The number of nitrogens with zero attached hydrogens (tertiary/aromatic N) is 2. The molecule has 118 valence electrons. The number of aromatic nitrogens is 2. The maximum atomic E-state index is 5.56. The van der Waals surface area contributed by atoms with Crippen LogP contribution in [0, 0.1) is 11.8 Å². The SMILES string of the molecule is CCCC1CCC(c2noc(C3CC(C)CCN3)n2)CC1. The van der Waals surface area contributed by atoms with E-state index in [1.807, 2.05) is 0 Å². The molecule has 0 aromatic carbocycles. The van der Waals surface area contributed by atoms with Gasteiger partial charge in [-0.25, -0.2) is 0 Å². The van der Waals surface area contributed by atoms with Crippen molar-refractivity contribution < 1.29 is 4.52 Å². The van der Waals surface area contributed by atoms with Gasteiger partial charge in [-0.15, -0.1) is 0 Å². The predicted octanol–water partition coefficient (Wildman–Crippen LogP) is 4.20. The van der Waals surface area contributed by atoms with Gasteiger partial charge in [-0.1, -0.05) is 31.8 Å². The van der Waals surface area contributed by atoms with E-state index in [0.717, 1.165) is 36.5 Å². The molecule has 0 amide bonds. The largest absolute Gasteiger partial charge is 0.338 e. The number of hydrogen-bond donors (Lipinski definition) is 1. The van der Waals surface area contributed by atoms with Crippen molar-refractivity contribution in [3.05, 3.63) is 11.7 Å². The highest BCUT2D eigenvalue weighted by Gasteiger charge is 2.28. The Morgan fingerprint density at radius 1 is 1.19 bits per heavy atom. The molecule has 0 bridgehead atoms. The van der Waals surface area contributed by atoms with Crippen molar-refractivity contribution in [1.82, 2.24) is 15.5 Å². The lowest BCUT2D eigenvalue weighted by atomic mass is 9.80. The van der Waals surface area contributed by atoms with Crippen LogP contribution in [-0.4, -0.2) is 16.7 Å². The lowest BCUT2D eigenvalue weighted by Crippen LogP contribution is -2.31. The first-order valence-electron chi connectivity index (χ1n) is 8.83. The molecule has 4 nitrogen and oxygen atoms in total. The predicted molar refractivity (Wildman–Crippen MR) is 83.0 cm³/mol. The number of hydrogen-bond acceptors (Lipinski definition) is 4. The van der Waals surface area contributed by atoms with E-state index in [1.165, 1.54) is 44.9 Å². The van der Waals surface area contributed by atoms with E-state index in [-0.39, 0.29) is 6.04 Å². The summed E-state index contributed by atoms with van der Waals surface area (Å²) in [5.74, 6) is 3.97. The molecule has 1 saturated heterocycles. The summed E-state index contributed by atoms with van der Waals surface area (Å²) in [6.07, 6.45) is 10.2. The minimum atomic E-state index is 0.270. The molecule has 21 heavy (non-hydrogen) atoms. The maximum absolute atomic E-state index is 5.56. The van der Waals surface area contributed by atoms with Gasteiger partial charge >= 0.3 is 0 Å². The minimum absolute atomic E-state index is 0.270. The van der Waals surface area contributed by atoms with Crippen LogP contribution in [0.15, 0.2) is 4.52 Å². The zero-order chi connectivity index (χ0) is 14.7. The van der Waals surface area contributed by atoms with Gasteiger partial charge < -0.3 is 9.84 Å². The van der Waals surface area contributed by atoms with Gasteiger partial charge in [-0.3, -0.25) is 0 Å². The first-order valence-corrected chi connectivity index (χ1v) is 8.83. The summed E-state index contributed by atoms with van der Waals surface area (Å²) >= 11 is 0. The van der Waals surface area contributed by atoms with Gasteiger partial charge in [0.05, 0.1) is 6.04 Å². The molecule has 2 unspecified atom stereocenters. The van der Waals surface area contributed by atoms with Crippen molar-refractivity contribution in [1.29, 1.82) is 0 Å². The van der Waals surface area contributed by atoms with Crippen molar-refractivity contribution >= 4 is 0 Å². The zero-order valence-corrected chi connectivity index (χ0v) is 13.5. The Bertz CT molecular complexity index is 437. The summed E-state index contributed by atoms with van der Waals surface area (Å²) in [7, 11) is 0. The molecule has 2 fully saturated rings. The summed E-state index contributed by atoms with van der Waals surface area (Å²) in [5.41, 5.74) is 0. The normalized spacial score (nSPS) is 34.0. The number of piperidine rings is 1. The fourth-order valence-corrected chi connectivity index (χ4v) is 3.97. The van der Waals surface area contributed by atoms with Gasteiger partial charge in [0, 0.05) is 5.92 Å². The second kappa shape index (κ2) is 6.91. The second-order valence-electron chi connectivity index (χ2n) is 7.13. The van der Waals surface area contributed by atoms with E-state index in [4.69, 9.17) is 9.51 Å². The second-order valence-corrected chi connectivity index (χ2v) is 7.13. The van der Waals surface area contributed by atoms with E-state index < -0.39 is 0 Å². The molecule has 0 radical (unpaired) electrons. The molecule has 0 spiro atoms. The number of rotatable bonds is 4. The quantitative estimate of drug-likeness (QED) is 0.903. The molecule has 4 heteroatoms. The molecule has 1 aromatic rings. The average molecular weight is 291 g/mol. The van der Waals surface area contributed by atoms with E-state index in [9.17, 15) is 0 Å². The first kappa shape index (κ1) is 15.0. The van der Waals surface area contributed by atoms with Crippen LogP contribution >= 0.6 is 0 Å². The lowest BCUT2D eigenvalue weighted by molar-refractivity contribution is 0.257. The summed E-state index contributed by atoms with van der Waals surface area (Å²) in [6, 6.07) is 0.270. The Labute approximate surface area is 128 Å². The highest BCUT2D eigenvalue weighted by molar-refractivity contribution is 5.01. The van der Waals surface area contributed by atoms with E-state index in [0.29, 0.717) is 5.92 Å². The zero-order valence-electron chi connectivity index (χ0n) is 13.5. The van der Waals surface area contributed by atoms with Crippen molar-refractivity contribution in [3.8, 4) is 0 Å². The third-order valence-corrected chi connectivity index (χ3v) is 5.33. The van der Waals surface area contributed by atoms with Crippen LogP contribution in [0.4, 0.5) is 0 Å². The molecular formula is C17H29N3O.